The maximum absolute atomic E-state index is 14.0. The minimum atomic E-state index is -0.621. The molecule has 0 unspecified atom stereocenters. The normalized spacial score (nSPS) is 11.3. The van der Waals surface area contributed by atoms with Crippen molar-refractivity contribution in [3.05, 3.63) is 82.3 Å². The Kier molecular flexibility index (Phi) is 8.76. The van der Waals surface area contributed by atoms with Crippen molar-refractivity contribution in [2.45, 2.75) is 52.5 Å². The van der Waals surface area contributed by atoms with Crippen LogP contribution in [0.5, 0.6) is 5.75 Å². The van der Waals surface area contributed by atoms with Gasteiger partial charge in [0.25, 0.3) is 5.56 Å². The van der Waals surface area contributed by atoms with Gasteiger partial charge in [-0.25, -0.2) is 14.6 Å². The lowest BCUT2D eigenvalue weighted by Gasteiger charge is -2.24. The van der Waals surface area contributed by atoms with Gasteiger partial charge < -0.3 is 20.1 Å². The zero-order valence-corrected chi connectivity index (χ0v) is 24.3. The Balaban J connectivity index is 1.88. The number of aryl methyl sites for hydroxylation is 1. The number of esters is 1. The van der Waals surface area contributed by atoms with Crippen LogP contribution in [0.3, 0.4) is 0 Å². The van der Waals surface area contributed by atoms with Gasteiger partial charge in [-0.3, -0.25) is 9.36 Å². The van der Waals surface area contributed by atoms with E-state index in [0.29, 0.717) is 40.3 Å². The Morgan fingerprint density at radius 1 is 1.00 bits per heavy atom. The van der Waals surface area contributed by atoms with Crippen LogP contribution in [0.25, 0.3) is 22.2 Å². The fraction of sp³-hybridized carbons (Fsp3) is 0.312. The number of aromatic nitrogens is 2. The number of anilines is 2. The summed E-state index contributed by atoms with van der Waals surface area (Å²) in [5.41, 5.74) is 2.74. The Hall–Kier alpha value is -4.66. The third-order valence-corrected chi connectivity index (χ3v) is 6.85. The summed E-state index contributed by atoms with van der Waals surface area (Å²) in [6.45, 7) is 8.52. The molecule has 0 fully saturated rings. The molecule has 0 bridgehead atoms. The van der Waals surface area contributed by atoms with Crippen LogP contribution >= 0.6 is 0 Å². The fourth-order valence-electron chi connectivity index (χ4n) is 4.81. The van der Waals surface area contributed by atoms with E-state index in [2.05, 4.69) is 15.6 Å². The fourth-order valence-corrected chi connectivity index (χ4v) is 4.81. The maximum Gasteiger partial charge on any atom is 0.337 e. The van der Waals surface area contributed by atoms with Gasteiger partial charge in [-0.1, -0.05) is 52.3 Å². The number of ether oxygens (including phenoxy) is 2. The van der Waals surface area contributed by atoms with Gasteiger partial charge in [-0.2, -0.15) is 0 Å². The molecule has 9 nitrogen and oxygen atoms in total. The van der Waals surface area contributed by atoms with Crippen molar-refractivity contribution < 1.29 is 19.1 Å². The van der Waals surface area contributed by atoms with Crippen LogP contribution in [-0.2, 0) is 16.7 Å². The van der Waals surface area contributed by atoms with Crippen LogP contribution < -0.4 is 20.9 Å². The van der Waals surface area contributed by atoms with Gasteiger partial charge in [-0.15, -0.1) is 0 Å². The molecule has 2 aromatic heterocycles. The SMILES string of the molecule is CCCCn1c(=O)c(NC(=O)Nc2cc(C(=O)OC)ccc2C(C)(C)C)c(-c2cccc(OC)c2)c2cccnc21. The van der Waals surface area contributed by atoms with Gasteiger partial charge in [0.2, 0.25) is 0 Å². The third kappa shape index (κ3) is 6.24. The van der Waals surface area contributed by atoms with Gasteiger partial charge in [0.15, 0.2) is 0 Å². The molecule has 0 saturated carbocycles. The molecule has 0 aliphatic rings. The highest BCUT2D eigenvalue weighted by Gasteiger charge is 2.24. The average molecular weight is 557 g/mol. The summed E-state index contributed by atoms with van der Waals surface area (Å²) < 4.78 is 11.9. The number of unbranched alkanes of at least 4 members (excludes halogenated alkanes) is 1. The van der Waals surface area contributed by atoms with E-state index in [1.165, 1.54) is 7.11 Å². The number of hydrogen-bond donors (Lipinski definition) is 2. The van der Waals surface area contributed by atoms with Crippen molar-refractivity contribution in [2.75, 3.05) is 24.9 Å². The summed E-state index contributed by atoms with van der Waals surface area (Å²) >= 11 is 0. The smallest absolute Gasteiger partial charge is 0.337 e. The van der Waals surface area contributed by atoms with E-state index in [9.17, 15) is 14.4 Å². The van der Waals surface area contributed by atoms with E-state index >= 15 is 0 Å². The number of pyridine rings is 2. The van der Waals surface area contributed by atoms with Crippen molar-refractivity contribution in [3.8, 4) is 16.9 Å². The average Bonchev–Trinajstić information content (AvgIpc) is 2.96. The zero-order valence-electron chi connectivity index (χ0n) is 24.3. The topological polar surface area (TPSA) is 112 Å². The molecule has 0 radical (unpaired) electrons. The summed E-state index contributed by atoms with van der Waals surface area (Å²) in [7, 11) is 2.88. The number of amides is 2. The monoisotopic (exact) mass is 556 g/mol. The van der Waals surface area contributed by atoms with Crippen LogP contribution in [0.15, 0.2) is 65.6 Å². The molecule has 2 aromatic carbocycles. The number of fused-ring (bicyclic) bond motifs is 1. The van der Waals surface area contributed by atoms with E-state index in [1.54, 1.807) is 42.1 Å². The first kappa shape index (κ1) is 29.3. The molecule has 9 heteroatoms. The summed E-state index contributed by atoms with van der Waals surface area (Å²) in [5.74, 6) is 0.0922. The first-order valence-electron chi connectivity index (χ1n) is 13.6. The highest BCUT2D eigenvalue weighted by molar-refractivity contribution is 6.08. The molecule has 2 heterocycles. The van der Waals surface area contributed by atoms with Gasteiger partial charge in [-0.05, 0) is 59.4 Å². The van der Waals surface area contributed by atoms with Gasteiger partial charge in [0, 0.05) is 29.4 Å². The second-order valence-corrected chi connectivity index (χ2v) is 10.7. The van der Waals surface area contributed by atoms with Gasteiger partial charge in [0.1, 0.15) is 17.1 Å². The third-order valence-electron chi connectivity index (χ3n) is 6.85. The number of nitrogens with zero attached hydrogens (tertiary/aromatic N) is 2. The van der Waals surface area contributed by atoms with Crippen LogP contribution in [0.2, 0.25) is 0 Å². The second-order valence-electron chi connectivity index (χ2n) is 10.7. The number of hydrogen-bond acceptors (Lipinski definition) is 6. The van der Waals surface area contributed by atoms with Crippen molar-refractivity contribution in [3.63, 3.8) is 0 Å². The summed E-state index contributed by atoms with van der Waals surface area (Å²) in [5, 5.41) is 6.44. The molecule has 41 heavy (non-hydrogen) atoms. The standard InChI is InChI=1S/C32H36N4O5/c1-7-8-17-36-28-23(13-10-16-33-28)26(20-11-9-12-22(18-20)40-5)27(29(36)37)35-31(39)34-25-19-21(30(38)41-6)14-15-24(25)32(2,3)4/h9-16,18-19H,7-8,17H2,1-6H3,(H2,34,35,39). The number of carbonyl (C=O) groups excluding carboxylic acids is 2. The van der Waals surface area contributed by atoms with Crippen molar-refractivity contribution >= 4 is 34.4 Å². The number of urea groups is 1. The minimum Gasteiger partial charge on any atom is -0.497 e. The predicted octanol–water partition coefficient (Wildman–Crippen LogP) is 6.60. The predicted molar refractivity (Wildman–Crippen MR) is 162 cm³/mol. The first-order chi connectivity index (χ1) is 19.6. The molecule has 0 saturated heterocycles. The molecule has 0 atom stereocenters. The van der Waals surface area contributed by atoms with E-state index in [4.69, 9.17) is 9.47 Å². The number of methoxy groups -OCH3 is 2. The first-order valence-corrected chi connectivity index (χ1v) is 13.6. The summed E-state index contributed by atoms with van der Waals surface area (Å²) in [6.07, 6.45) is 3.31. The summed E-state index contributed by atoms with van der Waals surface area (Å²) in [4.78, 5) is 44.4. The number of rotatable bonds is 8. The van der Waals surface area contributed by atoms with Crippen LogP contribution in [0.4, 0.5) is 16.2 Å². The van der Waals surface area contributed by atoms with Crippen LogP contribution in [-0.4, -0.2) is 35.8 Å². The van der Waals surface area contributed by atoms with E-state index in [0.717, 1.165) is 23.8 Å². The van der Waals surface area contributed by atoms with Gasteiger partial charge in [0.05, 0.1) is 19.8 Å². The maximum atomic E-state index is 14.0. The van der Waals surface area contributed by atoms with Gasteiger partial charge >= 0.3 is 12.0 Å². The Morgan fingerprint density at radius 2 is 1.78 bits per heavy atom. The van der Waals surface area contributed by atoms with Crippen molar-refractivity contribution in [1.82, 2.24) is 9.55 Å². The molecule has 4 rings (SSSR count). The lowest BCUT2D eigenvalue weighted by Crippen LogP contribution is -2.30. The number of carbonyl (C=O) groups is 2. The van der Waals surface area contributed by atoms with E-state index in [1.807, 2.05) is 58.0 Å². The summed E-state index contributed by atoms with van der Waals surface area (Å²) in [6, 6.07) is 15.4. The quantitative estimate of drug-likeness (QED) is 0.237. The van der Waals surface area contributed by atoms with Crippen LogP contribution in [0.1, 0.15) is 56.5 Å². The largest absolute Gasteiger partial charge is 0.497 e. The molecule has 0 aliphatic heterocycles. The zero-order chi connectivity index (χ0) is 29.7. The lowest BCUT2D eigenvalue weighted by molar-refractivity contribution is 0.0600. The molecular weight excluding hydrogens is 520 g/mol. The molecule has 2 amide bonds. The second kappa shape index (κ2) is 12.2. The minimum absolute atomic E-state index is 0.119. The van der Waals surface area contributed by atoms with Crippen LogP contribution in [0, 0.1) is 0 Å². The lowest BCUT2D eigenvalue weighted by atomic mass is 9.85. The highest BCUT2D eigenvalue weighted by Crippen LogP contribution is 2.35. The molecule has 0 aliphatic carbocycles. The number of benzene rings is 2. The highest BCUT2D eigenvalue weighted by atomic mass is 16.5. The molecule has 214 valence electrons. The van der Waals surface area contributed by atoms with Crippen molar-refractivity contribution in [1.29, 1.82) is 0 Å². The number of nitrogens with one attached hydrogen (secondary N) is 2. The van der Waals surface area contributed by atoms with Crippen molar-refractivity contribution in [2.24, 2.45) is 0 Å². The molecular formula is C32H36N4O5. The van der Waals surface area contributed by atoms with E-state index in [-0.39, 0.29) is 16.7 Å². The Morgan fingerprint density at radius 3 is 2.46 bits per heavy atom. The Bertz CT molecular complexity index is 1650. The Labute approximate surface area is 239 Å². The molecule has 2 N–H and O–H groups in total. The molecule has 0 spiro atoms. The van der Waals surface area contributed by atoms with E-state index < -0.39 is 12.0 Å². The molecule has 4 aromatic rings.